The molecule has 8 rings (SSSR count). The number of fused-ring (bicyclic) bond motifs is 5. The van der Waals surface area contributed by atoms with E-state index in [0.29, 0.717) is 6.04 Å². The van der Waals surface area contributed by atoms with E-state index in [1.807, 2.05) is 22.7 Å². The van der Waals surface area contributed by atoms with Crippen molar-refractivity contribution >= 4 is 66.5 Å². The van der Waals surface area contributed by atoms with Crippen LogP contribution in [0.4, 0.5) is 0 Å². The topological polar surface area (TPSA) is 92.1 Å². The summed E-state index contributed by atoms with van der Waals surface area (Å²) in [5.41, 5.74) is 10.9. The first-order chi connectivity index (χ1) is 34.4. The Bertz CT molecular complexity index is 2840. The van der Waals surface area contributed by atoms with Gasteiger partial charge in [0.25, 0.3) is 0 Å². The van der Waals surface area contributed by atoms with Crippen molar-refractivity contribution in [3.8, 4) is 31.5 Å². The highest BCUT2D eigenvalue weighted by atomic mass is 32.1. The van der Waals surface area contributed by atoms with Crippen LogP contribution in [-0.2, 0) is 13.1 Å². The zero-order valence-electron chi connectivity index (χ0n) is 43.8. The van der Waals surface area contributed by atoms with Crippen LogP contribution < -0.4 is 0 Å². The van der Waals surface area contributed by atoms with E-state index >= 15 is 0 Å². The summed E-state index contributed by atoms with van der Waals surface area (Å²) in [6.45, 7) is 15.2. The first-order valence-corrected chi connectivity index (χ1v) is 29.6. The molecule has 0 saturated heterocycles. The summed E-state index contributed by atoms with van der Waals surface area (Å²) in [4.78, 5) is 14.9. The van der Waals surface area contributed by atoms with Crippen LogP contribution in [0.25, 0.3) is 75.3 Å². The van der Waals surface area contributed by atoms with E-state index in [4.69, 9.17) is 30.6 Å². The fourth-order valence-corrected chi connectivity index (χ4v) is 12.8. The molecule has 0 unspecified atom stereocenters. The molecule has 0 fully saturated rings. The number of nitrogens with zero attached hydrogens (tertiary/aromatic N) is 9. The molecule has 0 N–H and O–H groups in total. The lowest BCUT2D eigenvalue weighted by atomic mass is 9.99. The monoisotopic (exact) mass is 982 g/mol. The largest absolute Gasteiger partial charge is 0.337 e. The molecule has 0 aliphatic heterocycles. The van der Waals surface area contributed by atoms with Gasteiger partial charge in [0.05, 0.1) is 21.6 Å². The highest BCUT2D eigenvalue weighted by Crippen LogP contribution is 2.47. The standard InChI is InChI=1S/C59H83N9S2/c1-7-11-15-19-23-27-31-45(32-28-24-20-16-12-8-2)68-49-39-43(5)60-41-46(49)47-42-61-48(40-50(47)68)51-35-36-53(70-51)55-57-58(66(65-63-57)37-29-25-21-17-13-9-3)54(52-34-33-44(6)69-52)56-59(55)67(64-62-56)38-30-26-22-18-14-10-4/h33-36,39-42,45H,7-32,37-38H2,1-6H3. The highest BCUT2D eigenvalue weighted by molar-refractivity contribution is 7.19. The summed E-state index contributed by atoms with van der Waals surface area (Å²) in [5, 5.41) is 22.6. The number of thiophene rings is 2. The smallest absolute Gasteiger partial charge is 0.124 e. The summed E-state index contributed by atoms with van der Waals surface area (Å²) >= 11 is 3.64. The Hall–Kier alpha value is -4.48. The van der Waals surface area contributed by atoms with E-state index in [-0.39, 0.29) is 0 Å². The van der Waals surface area contributed by atoms with Gasteiger partial charge in [-0.3, -0.25) is 9.97 Å². The quantitative estimate of drug-likeness (QED) is 0.0390. The van der Waals surface area contributed by atoms with Crippen LogP contribution in [0.3, 0.4) is 0 Å². The maximum absolute atomic E-state index is 5.27. The Morgan fingerprint density at radius 2 is 0.914 bits per heavy atom. The molecule has 7 heterocycles. The number of rotatable bonds is 32. The predicted molar refractivity (Wildman–Crippen MR) is 301 cm³/mol. The zero-order valence-corrected chi connectivity index (χ0v) is 45.5. The average Bonchev–Trinajstić information content (AvgIpc) is 4.23. The third-order valence-corrected chi connectivity index (χ3v) is 17.0. The molecule has 1 aromatic carbocycles. The molecule has 0 spiro atoms. The van der Waals surface area contributed by atoms with Crippen LogP contribution in [0.1, 0.15) is 211 Å². The highest BCUT2D eigenvalue weighted by Gasteiger charge is 2.28. The van der Waals surface area contributed by atoms with Gasteiger partial charge in [0, 0.05) is 73.7 Å². The number of unbranched alkanes of at least 4 members (excludes halogenated alkanes) is 20. The van der Waals surface area contributed by atoms with Crippen LogP contribution in [0.5, 0.6) is 0 Å². The number of benzene rings is 1. The predicted octanol–water partition coefficient (Wildman–Crippen LogP) is 18.6. The summed E-state index contributed by atoms with van der Waals surface area (Å²) in [6, 6.07) is 14.2. The minimum atomic E-state index is 0.430. The normalized spacial score (nSPS) is 12.2. The first-order valence-electron chi connectivity index (χ1n) is 28.0. The van der Waals surface area contributed by atoms with Crippen molar-refractivity contribution < 1.29 is 0 Å². The van der Waals surface area contributed by atoms with E-state index in [1.165, 1.54) is 186 Å². The fraction of sp³-hybridized carbons (Fsp3) is 0.593. The van der Waals surface area contributed by atoms with Gasteiger partial charge in [-0.25, -0.2) is 9.36 Å². The molecule has 376 valence electrons. The minimum absolute atomic E-state index is 0.430. The molecule has 11 heteroatoms. The molecule has 0 saturated carbocycles. The SMILES string of the molecule is CCCCCCCCC(CCCCCCCC)n1c2cc(C)ncc2c2cnc(-c3ccc(-c4c5nnn(CCCCCCCC)c5c(-c5ccc(C)s5)c5nnn(CCCCCCCC)c45)s3)cc21. The van der Waals surface area contributed by atoms with Gasteiger partial charge < -0.3 is 4.57 Å². The van der Waals surface area contributed by atoms with E-state index in [1.54, 1.807) is 0 Å². The number of pyridine rings is 2. The van der Waals surface area contributed by atoms with E-state index in [2.05, 4.69) is 104 Å². The third-order valence-electron chi connectivity index (χ3n) is 14.8. The van der Waals surface area contributed by atoms with Crippen molar-refractivity contribution in [3.63, 3.8) is 0 Å². The Balaban J connectivity index is 1.21. The lowest BCUT2D eigenvalue weighted by Crippen LogP contribution is -2.10. The number of aryl methyl sites for hydroxylation is 4. The average molecular weight is 983 g/mol. The molecule has 7 aromatic heterocycles. The molecule has 8 aromatic rings. The lowest BCUT2D eigenvalue weighted by Gasteiger charge is -2.22. The molecule has 0 bridgehead atoms. The van der Waals surface area contributed by atoms with Crippen LogP contribution in [-0.4, -0.2) is 44.5 Å². The van der Waals surface area contributed by atoms with Gasteiger partial charge in [0.15, 0.2) is 0 Å². The van der Waals surface area contributed by atoms with Crippen molar-refractivity contribution in [2.75, 3.05) is 0 Å². The van der Waals surface area contributed by atoms with Gasteiger partial charge in [-0.15, -0.1) is 32.9 Å². The number of hydrogen-bond donors (Lipinski definition) is 0. The zero-order chi connectivity index (χ0) is 48.7. The lowest BCUT2D eigenvalue weighted by molar-refractivity contribution is 0.410. The Kier molecular flexibility index (Phi) is 19.5. The molecule has 0 radical (unpaired) electrons. The van der Waals surface area contributed by atoms with Gasteiger partial charge in [-0.1, -0.05) is 179 Å². The molecule has 0 amide bonds. The second-order valence-corrected chi connectivity index (χ2v) is 22.8. The molecule has 0 aliphatic carbocycles. The van der Waals surface area contributed by atoms with Crippen molar-refractivity contribution in [3.05, 3.63) is 59.4 Å². The van der Waals surface area contributed by atoms with Crippen LogP contribution in [0, 0.1) is 13.8 Å². The minimum Gasteiger partial charge on any atom is -0.337 e. The number of aromatic nitrogens is 9. The first kappa shape index (κ1) is 51.9. The van der Waals surface area contributed by atoms with Crippen molar-refractivity contribution in [1.82, 2.24) is 44.5 Å². The Morgan fingerprint density at radius 1 is 0.471 bits per heavy atom. The molecular formula is C59H83N9S2. The molecular weight excluding hydrogens is 899 g/mol. The molecule has 9 nitrogen and oxygen atoms in total. The Morgan fingerprint density at radius 3 is 1.43 bits per heavy atom. The van der Waals surface area contributed by atoms with Crippen LogP contribution in [0.2, 0.25) is 0 Å². The molecule has 70 heavy (non-hydrogen) atoms. The second kappa shape index (κ2) is 26.3. The third kappa shape index (κ3) is 12.4. The van der Waals surface area contributed by atoms with Gasteiger partial charge >= 0.3 is 0 Å². The van der Waals surface area contributed by atoms with Crippen molar-refractivity contribution in [1.29, 1.82) is 0 Å². The second-order valence-electron chi connectivity index (χ2n) is 20.4. The summed E-state index contributed by atoms with van der Waals surface area (Å²) < 4.78 is 7.08. The van der Waals surface area contributed by atoms with Crippen LogP contribution in [0.15, 0.2) is 48.8 Å². The molecule has 0 atom stereocenters. The molecule has 0 aliphatic rings. The van der Waals surface area contributed by atoms with Gasteiger partial charge in [0.2, 0.25) is 0 Å². The van der Waals surface area contributed by atoms with Gasteiger partial charge in [0.1, 0.15) is 22.1 Å². The Labute approximate surface area is 427 Å². The van der Waals surface area contributed by atoms with Crippen molar-refractivity contribution in [2.24, 2.45) is 0 Å². The van der Waals surface area contributed by atoms with E-state index < -0.39 is 0 Å². The maximum atomic E-state index is 5.27. The van der Waals surface area contributed by atoms with Gasteiger partial charge in [-0.05, 0) is 75.9 Å². The fourth-order valence-electron chi connectivity index (χ4n) is 10.9. The maximum Gasteiger partial charge on any atom is 0.124 e. The van der Waals surface area contributed by atoms with E-state index in [0.717, 1.165) is 80.3 Å². The van der Waals surface area contributed by atoms with Crippen molar-refractivity contribution in [2.45, 2.75) is 228 Å². The number of hydrogen-bond acceptors (Lipinski definition) is 8. The van der Waals surface area contributed by atoms with Crippen LogP contribution >= 0.6 is 22.7 Å². The summed E-state index contributed by atoms with van der Waals surface area (Å²) in [5.74, 6) is 0. The summed E-state index contributed by atoms with van der Waals surface area (Å²) in [6.07, 6.45) is 37.1. The summed E-state index contributed by atoms with van der Waals surface area (Å²) in [7, 11) is 0. The van der Waals surface area contributed by atoms with Gasteiger partial charge in [-0.2, -0.15) is 0 Å². The van der Waals surface area contributed by atoms with E-state index in [9.17, 15) is 0 Å².